The molecule has 1 fully saturated rings. The standard InChI is InChI=1S/C28H31Cl2N3O3/c1-35-26-5-3-23(16-27(26)36-15-10-22-2-4-24(29)17-25(22)30)28(34)32-18-20-8-13-33(14-9-20)19-21-6-11-31-12-7-21/h2-7,11-12,16-17,20H,8-10,13-15,18-19H2,1H3,(H,32,34). The van der Waals surface area contributed by atoms with Gasteiger partial charge in [0, 0.05) is 47.5 Å². The Balaban J connectivity index is 1.26. The molecule has 2 aromatic carbocycles. The van der Waals surface area contributed by atoms with E-state index in [2.05, 4.69) is 27.3 Å². The van der Waals surface area contributed by atoms with Crippen molar-refractivity contribution in [2.75, 3.05) is 33.4 Å². The number of nitrogens with one attached hydrogen (secondary N) is 1. The minimum Gasteiger partial charge on any atom is -0.493 e. The Morgan fingerprint density at radius 1 is 1.06 bits per heavy atom. The fraction of sp³-hybridized carbons (Fsp3) is 0.357. The maximum Gasteiger partial charge on any atom is 0.251 e. The predicted octanol–water partition coefficient (Wildman–Crippen LogP) is 5.66. The molecule has 0 radical (unpaired) electrons. The number of benzene rings is 2. The van der Waals surface area contributed by atoms with Crippen molar-refractivity contribution in [3.63, 3.8) is 0 Å². The maximum absolute atomic E-state index is 12.9. The van der Waals surface area contributed by atoms with E-state index in [-0.39, 0.29) is 5.91 Å². The van der Waals surface area contributed by atoms with E-state index < -0.39 is 0 Å². The molecule has 36 heavy (non-hydrogen) atoms. The molecule has 1 aliphatic heterocycles. The van der Waals surface area contributed by atoms with Gasteiger partial charge in [-0.1, -0.05) is 29.3 Å². The van der Waals surface area contributed by atoms with Crippen LogP contribution in [0.2, 0.25) is 10.0 Å². The normalized spacial score (nSPS) is 14.4. The quantitative estimate of drug-likeness (QED) is 0.368. The number of rotatable bonds is 10. The first kappa shape index (κ1) is 26.3. The molecule has 0 atom stereocenters. The van der Waals surface area contributed by atoms with Crippen LogP contribution in [0.3, 0.4) is 0 Å². The maximum atomic E-state index is 12.9. The van der Waals surface area contributed by atoms with Crippen molar-refractivity contribution in [3.05, 3.63) is 87.7 Å². The van der Waals surface area contributed by atoms with Crippen LogP contribution in [0.15, 0.2) is 60.9 Å². The Morgan fingerprint density at radius 3 is 2.56 bits per heavy atom. The van der Waals surface area contributed by atoms with Gasteiger partial charge in [0.05, 0.1) is 13.7 Å². The number of pyridine rings is 1. The Labute approximate surface area is 222 Å². The molecule has 1 amide bonds. The number of ether oxygens (including phenoxy) is 2. The van der Waals surface area contributed by atoms with E-state index in [1.807, 2.05) is 18.5 Å². The van der Waals surface area contributed by atoms with Gasteiger partial charge < -0.3 is 14.8 Å². The molecule has 4 rings (SSSR count). The summed E-state index contributed by atoms with van der Waals surface area (Å²) in [6.07, 6.45) is 6.41. The van der Waals surface area contributed by atoms with Crippen molar-refractivity contribution in [3.8, 4) is 11.5 Å². The second-order valence-corrected chi connectivity index (χ2v) is 9.83. The van der Waals surface area contributed by atoms with Crippen LogP contribution in [-0.4, -0.2) is 49.1 Å². The van der Waals surface area contributed by atoms with E-state index in [0.29, 0.717) is 52.6 Å². The highest BCUT2D eigenvalue weighted by Gasteiger charge is 2.20. The summed E-state index contributed by atoms with van der Waals surface area (Å²) in [7, 11) is 1.58. The van der Waals surface area contributed by atoms with Crippen LogP contribution in [0.1, 0.15) is 34.3 Å². The third-order valence-electron chi connectivity index (χ3n) is 6.48. The zero-order chi connectivity index (χ0) is 25.3. The first-order valence-electron chi connectivity index (χ1n) is 12.2. The van der Waals surface area contributed by atoms with E-state index in [4.69, 9.17) is 32.7 Å². The Bertz CT molecular complexity index is 1150. The number of amides is 1. The third kappa shape index (κ3) is 7.36. The van der Waals surface area contributed by atoms with Gasteiger partial charge in [-0.3, -0.25) is 14.7 Å². The van der Waals surface area contributed by atoms with Gasteiger partial charge in [0.25, 0.3) is 5.91 Å². The van der Waals surface area contributed by atoms with Gasteiger partial charge >= 0.3 is 0 Å². The summed E-state index contributed by atoms with van der Waals surface area (Å²) in [5.74, 6) is 1.47. The molecular formula is C28H31Cl2N3O3. The summed E-state index contributed by atoms with van der Waals surface area (Å²) in [6.45, 7) is 4.06. The second-order valence-electron chi connectivity index (χ2n) is 8.98. The topological polar surface area (TPSA) is 63.7 Å². The first-order chi connectivity index (χ1) is 17.5. The summed E-state index contributed by atoms with van der Waals surface area (Å²) in [4.78, 5) is 19.4. The van der Waals surface area contributed by atoms with Gasteiger partial charge in [0.2, 0.25) is 0 Å². The summed E-state index contributed by atoms with van der Waals surface area (Å²) in [5, 5.41) is 4.30. The highest BCUT2D eigenvalue weighted by Crippen LogP contribution is 2.29. The minimum absolute atomic E-state index is 0.109. The number of likely N-dealkylation sites (tertiary alicyclic amines) is 1. The SMILES string of the molecule is COc1ccc(C(=O)NCC2CCN(Cc3ccncc3)CC2)cc1OCCc1ccc(Cl)cc1Cl. The van der Waals surface area contributed by atoms with E-state index in [9.17, 15) is 4.79 Å². The molecule has 1 saturated heterocycles. The second kappa shape index (κ2) is 12.9. The molecule has 8 heteroatoms. The van der Waals surface area contributed by atoms with Crippen LogP contribution in [0.4, 0.5) is 0 Å². The lowest BCUT2D eigenvalue weighted by molar-refractivity contribution is 0.0934. The van der Waals surface area contributed by atoms with Crippen molar-refractivity contribution in [2.45, 2.75) is 25.8 Å². The molecule has 0 saturated carbocycles. The van der Waals surface area contributed by atoms with Gasteiger partial charge in [-0.25, -0.2) is 0 Å². The molecule has 0 aliphatic carbocycles. The summed E-state index contributed by atoms with van der Waals surface area (Å²) in [6, 6.07) is 14.8. The number of nitrogens with zero attached hydrogens (tertiary/aromatic N) is 2. The van der Waals surface area contributed by atoms with Crippen LogP contribution in [0.5, 0.6) is 11.5 Å². The molecule has 1 aliphatic rings. The Morgan fingerprint density at radius 2 is 1.83 bits per heavy atom. The number of carbonyl (C=O) groups is 1. The highest BCUT2D eigenvalue weighted by atomic mass is 35.5. The minimum atomic E-state index is -0.109. The third-order valence-corrected chi connectivity index (χ3v) is 7.07. The molecule has 0 unspecified atom stereocenters. The van der Waals surface area contributed by atoms with Gasteiger partial charge in [0.1, 0.15) is 0 Å². The number of methoxy groups -OCH3 is 1. The Hall–Kier alpha value is -2.80. The molecule has 1 aromatic heterocycles. The molecule has 1 N–H and O–H groups in total. The average molecular weight is 528 g/mol. The van der Waals surface area contributed by atoms with Crippen LogP contribution in [0, 0.1) is 5.92 Å². The molecule has 6 nitrogen and oxygen atoms in total. The van der Waals surface area contributed by atoms with Crippen LogP contribution in [0.25, 0.3) is 0 Å². The van der Waals surface area contributed by atoms with Crippen molar-refractivity contribution in [2.24, 2.45) is 5.92 Å². The monoisotopic (exact) mass is 527 g/mol. The number of hydrogen-bond donors (Lipinski definition) is 1. The van der Waals surface area contributed by atoms with Crippen molar-refractivity contribution in [1.82, 2.24) is 15.2 Å². The van der Waals surface area contributed by atoms with Crippen molar-refractivity contribution >= 4 is 29.1 Å². The molecule has 0 spiro atoms. The van der Waals surface area contributed by atoms with Gasteiger partial charge in [-0.15, -0.1) is 0 Å². The molecular weight excluding hydrogens is 497 g/mol. The van der Waals surface area contributed by atoms with Crippen LogP contribution < -0.4 is 14.8 Å². The lowest BCUT2D eigenvalue weighted by Gasteiger charge is -2.32. The fourth-order valence-corrected chi connectivity index (χ4v) is 4.86. The lowest BCUT2D eigenvalue weighted by atomic mass is 9.96. The summed E-state index contributed by atoms with van der Waals surface area (Å²) >= 11 is 12.2. The van der Waals surface area contributed by atoms with E-state index in [1.165, 1.54) is 5.56 Å². The van der Waals surface area contributed by atoms with Gasteiger partial charge in [0.15, 0.2) is 11.5 Å². The van der Waals surface area contributed by atoms with Crippen molar-refractivity contribution < 1.29 is 14.3 Å². The summed E-state index contributed by atoms with van der Waals surface area (Å²) in [5.41, 5.74) is 2.77. The summed E-state index contributed by atoms with van der Waals surface area (Å²) < 4.78 is 11.4. The smallest absolute Gasteiger partial charge is 0.251 e. The Kier molecular flexibility index (Phi) is 9.45. The van der Waals surface area contributed by atoms with E-state index in [0.717, 1.165) is 38.0 Å². The molecule has 3 aromatic rings. The zero-order valence-electron chi connectivity index (χ0n) is 20.4. The molecule has 190 valence electrons. The number of halogens is 2. The number of aromatic nitrogens is 1. The van der Waals surface area contributed by atoms with Gasteiger partial charge in [-0.2, -0.15) is 0 Å². The number of carbonyl (C=O) groups excluding carboxylic acids is 1. The highest BCUT2D eigenvalue weighted by molar-refractivity contribution is 6.35. The predicted molar refractivity (Wildman–Crippen MR) is 143 cm³/mol. The first-order valence-corrected chi connectivity index (χ1v) is 12.9. The number of hydrogen-bond acceptors (Lipinski definition) is 5. The van der Waals surface area contributed by atoms with Gasteiger partial charge in [-0.05, 0) is 85.4 Å². The molecule has 2 heterocycles. The molecule has 0 bridgehead atoms. The largest absolute Gasteiger partial charge is 0.493 e. The van der Waals surface area contributed by atoms with Crippen molar-refractivity contribution in [1.29, 1.82) is 0 Å². The number of piperidine rings is 1. The lowest BCUT2D eigenvalue weighted by Crippen LogP contribution is -2.38. The van der Waals surface area contributed by atoms with E-state index in [1.54, 1.807) is 37.4 Å². The average Bonchev–Trinajstić information content (AvgIpc) is 2.90. The van der Waals surface area contributed by atoms with Crippen LogP contribution in [-0.2, 0) is 13.0 Å². The van der Waals surface area contributed by atoms with Crippen LogP contribution >= 0.6 is 23.2 Å². The van der Waals surface area contributed by atoms with E-state index >= 15 is 0 Å². The fourth-order valence-electron chi connectivity index (χ4n) is 4.36. The zero-order valence-corrected chi connectivity index (χ0v) is 21.9.